The molecule has 5 nitrogen and oxygen atoms in total. The molecule has 0 radical (unpaired) electrons. The number of ether oxygens (including phenoxy) is 2. The molecule has 0 bridgehead atoms. The van der Waals surface area contributed by atoms with Gasteiger partial charge in [0.1, 0.15) is 5.75 Å². The molecule has 5 heteroatoms. The number of aliphatic hydroxyl groups is 1. The summed E-state index contributed by atoms with van der Waals surface area (Å²) in [5.41, 5.74) is 1.96. The van der Waals surface area contributed by atoms with E-state index in [1.165, 1.54) is 0 Å². The Balaban J connectivity index is 1.70. The van der Waals surface area contributed by atoms with Crippen LogP contribution in [0.3, 0.4) is 0 Å². The van der Waals surface area contributed by atoms with Gasteiger partial charge >= 0.3 is 0 Å². The fourth-order valence-electron chi connectivity index (χ4n) is 2.99. The van der Waals surface area contributed by atoms with E-state index >= 15 is 0 Å². The van der Waals surface area contributed by atoms with Crippen LogP contribution in [0, 0.1) is 0 Å². The van der Waals surface area contributed by atoms with E-state index in [1.807, 2.05) is 18.2 Å². The summed E-state index contributed by atoms with van der Waals surface area (Å²) >= 11 is 0. The molecular weight excluding hydrogens is 270 g/mol. The number of hydrogen-bond acceptors (Lipinski definition) is 4. The van der Waals surface area contributed by atoms with Crippen molar-refractivity contribution < 1.29 is 19.4 Å². The van der Waals surface area contributed by atoms with Gasteiger partial charge in [-0.05, 0) is 31.4 Å². The van der Waals surface area contributed by atoms with Gasteiger partial charge in [0.05, 0.1) is 19.3 Å². The largest absolute Gasteiger partial charge is 0.481 e. The maximum atomic E-state index is 12.4. The monoisotopic (exact) mass is 291 g/mol. The van der Waals surface area contributed by atoms with Crippen LogP contribution in [0.2, 0.25) is 0 Å². The highest BCUT2D eigenvalue weighted by Crippen LogP contribution is 2.37. The first-order chi connectivity index (χ1) is 10.2. The van der Waals surface area contributed by atoms with Crippen LogP contribution < -0.4 is 4.74 Å². The third-order valence-electron chi connectivity index (χ3n) is 4.17. The van der Waals surface area contributed by atoms with Crippen LogP contribution in [0.15, 0.2) is 18.2 Å². The quantitative estimate of drug-likeness (QED) is 0.912. The molecule has 0 aromatic heterocycles. The van der Waals surface area contributed by atoms with Crippen molar-refractivity contribution in [2.24, 2.45) is 0 Å². The van der Waals surface area contributed by atoms with Crippen LogP contribution in [0.4, 0.5) is 0 Å². The number of amides is 1. The highest BCUT2D eigenvalue weighted by atomic mass is 16.5. The molecule has 1 aromatic rings. The van der Waals surface area contributed by atoms with E-state index < -0.39 is 12.2 Å². The Kier molecular flexibility index (Phi) is 4.12. The summed E-state index contributed by atoms with van der Waals surface area (Å²) in [5, 5.41) is 9.91. The van der Waals surface area contributed by atoms with Gasteiger partial charge in [-0.3, -0.25) is 4.79 Å². The molecule has 2 atom stereocenters. The summed E-state index contributed by atoms with van der Waals surface area (Å²) < 4.78 is 11.1. The minimum absolute atomic E-state index is 0.00514. The molecule has 1 fully saturated rings. The van der Waals surface area contributed by atoms with Crippen molar-refractivity contribution in [2.75, 3.05) is 26.3 Å². The van der Waals surface area contributed by atoms with E-state index in [-0.39, 0.29) is 5.91 Å². The Hall–Kier alpha value is -1.59. The minimum atomic E-state index is -0.521. The number of carbonyl (C=O) groups excluding carboxylic acids is 1. The molecule has 1 heterocycles. The van der Waals surface area contributed by atoms with Gasteiger partial charge in [0.15, 0.2) is 6.10 Å². The Bertz CT molecular complexity index is 525. The molecule has 1 aliphatic heterocycles. The van der Waals surface area contributed by atoms with Gasteiger partial charge in [-0.2, -0.15) is 0 Å². The molecule has 1 saturated heterocycles. The van der Waals surface area contributed by atoms with Crippen LogP contribution in [0.5, 0.6) is 5.75 Å². The van der Waals surface area contributed by atoms with Crippen molar-refractivity contribution in [3.05, 3.63) is 29.3 Å². The number of aliphatic hydroxyl groups excluding tert-OH is 1. The van der Waals surface area contributed by atoms with E-state index in [0.717, 1.165) is 29.7 Å². The summed E-state index contributed by atoms with van der Waals surface area (Å²) in [4.78, 5) is 14.1. The Morgan fingerprint density at radius 3 is 2.95 bits per heavy atom. The first kappa shape index (κ1) is 14.4. The lowest BCUT2D eigenvalue weighted by Gasteiger charge is -2.29. The van der Waals surface area contributed by atoms with Gasteiger partial charge in [-0.1, -0.05) is 12.1 Å². The van der Waals surface area contributed by atoms with Gasteiger partial charge in [0.2, 0.25) is 0 Å². The molecule has 1 N–H and O–H groups in total. The van der Waals surface area contributed by atoms with E-state index in [1.54, 1.807) is 11.8 Å². The predicted molar refractivity (Wildman–Crippen MR) is 77.2 cm³/mol. The second-order valence-corrected chi connectivity index (χ2v) is 5.58. The third kappa shape index (κ3) is 2.89. The maximum Gasteiger partial charge on any atom is 0.263 e. The van der Waals surface area contributed by atoms with Crippen LogP contribution in [-0.4, -0.2) is 48.3 Å². The lowest BCUT2D eigenvalue weighted by atomic mass is 10.1. The maximum absolute atomic E-state index is 12.4. The Morgan fingerprint density at radius 1 is 1.43 bits per heavy atom. The number of rotatable bonds is 3. The summed E-state index contributed by atoms with van der Waals surface area (Å²) in [5.74, 6) is 0.715. The molecular formula is C16H21NO4. The SMILES string of the molecule is CC(Oc1cccc2c1CCC2O)C(=O)N1CCOCC1. The fourth-order valence-corrected chi connectivity index (χ4v) is 2.99. The molecule has 1 aliphatic carbocycles. The van der Waals surface area contributed by atoms with Crippen molar-refractivity contribution in [1.82, 2.24) is 4.90 Å². The molecule has 1 amide bonds. The number of morpholine rings is 1. The molecule has 1 aromatic carbocycles. The lowest BCUT2D eigenvalue weighted by Crippen LogP contribution is -2.46. The second kappa shape index (κ2) is 6.03. The Morgan fingerprint density at radius 2 is 2.19 bits per heavy atom. The smallest absolute Gasteiger partial charge is 0.263 e. The number of benzene rings is 1. The van der Waals surface area contributed by atoms with Crippen LogP contribution in [0.25, 0.3) is 0 Å². The first-order valence-corrected chi connectivity index (χ1v) is 7.50. The third-order valence-corrected chi connectivity index (χ3v) is 4.17. The molecule has 2 unspecified atom stereocenters. The fraction of sp³-hybridized carbons (Fsp3) is 0.562. The van der Waals surface area contributed by atoms with Gasteiger partial charge in [-0.15, -0.1) is 0 Å². The summed E-state index contributed by atoms with van der Waals surface area (Å²) in [7, 11) is 0. The summed E-state index contributed by atoms with van der Waals surface area (Å²) in [6.07, 6.45) is 0.591. The molecule has 21 heavy (non-hydrogen) atoms. The average Bonchev–Trinajstić information content (AvgIpc) is 2.90. The zero-order valence-electron chi connectivity index (χ0n) is 12.2. The van der Waals surface area contributed by atoms with Gasteiger partial charge in [0.25, 0.3) is 5.91 Å². The highest BCUT2D eigenvalue weighted by Gasteiger charge is 2.27. The van der Waals surface area contributed by atoms with Crippen molar-refractivity contribution in [3.8, 4) is 5.75 Å². The van der Waals surface area contributed by atoms with E-state index in [4.69, 9.17) is 9.47 Å². The Labute approximate surface area is 124 Å². The first-order valence-electron chi connectivity index (χ1n) is 7.50. The van der Waals surface area contributed by atoms with E-state index in [9.17, 15) is 9.90 Å². The summed E-state index contributed by atoms with van der Waals surface area (Å²) in [6.45, 7) is 4.20. The van der Waals surface area contributed by atoms with Crippen LogP contribution in [0.1, 0.15) is 30.6 Å². The van der Waals surface area contributed by atoms with Crippen molar-refractivity contribution in [1.29, 1.82) is 0 Å². The highest BCUT2D eigenvalue weighted by molar-refractivity contribution is 5.81. The molecule has 0 saturated carbocycles. The predicted octanol–water partition coefficient (Wildman–Crippen LogP) is 1.29. The van der Waals surface area contributed by atoms with Crippen molar-refractivity contribution in [2.45, 2.75) is 32.0 Å². The van der Waals surface area contributed by atoms with Crippen molar-refractivity contribution in [3.63, 3.8) is 0 Å². The van der Waals surface area contributed by atoms with Gasteiger partial charge in [0, 0.05) is 18.7 Å². The van der Waals surface area contributed by atoms with E-state index in [2.05, 4.69) is 0 Å². The summed E-state index contributed by atoms with van der Waals surface area (Å²) in [6, 6.07) is 5.67. The van der Waals surface area contributed by atoms with Crippen LogP contribution in [-0.2, 0) is 16.0 Å². The molecule has 0 spiro atoms. The minimum Gasteiger partial charge on any atom is -0.481 e. The number of nitrogens with zero attached hydrogens (tertiary/aromatic N) is 1. The number of fused-ring (bicyclic) bond motifs is 1. The topological polar surface area (TPSA) is 59.0 Å². The zero-order chi connectivity index (χ0) is 14.8. The van der Waals surface area contributed by atoms with Crippen LogP contribution >= 0.6 is 0 Å². The molecule has 3 rings (SSSR count). The lowest BCUT2D eigenvalue weighted by molar-refractivity contribution is -0.142. The van der Waals surface area contributed by atoms with E-state index in [0.29, 0.717) is 26.3 Å². The van der Waals surface area contributed by atoms with Crippen molar-refractivity contribution >= 4 is 5.91 Å². The van der Waals surface area contributed by atoms with Gasteiger partial charge in [-0.25, -0.2) is 0 Å². The number of carbonyl (C=O) groups is 1. The number of hydrogen-bond donors (Lipinski definition) is 1. The molecule has 2 aliphatic rings. The molecule has 114 valence electrons. The zero-order valence-corrected chi connectivity index (χ0v) is 12.2. The standard InChI is InChI=1S/C16H21NO4/c1-11(16(19)17-7-9-20-10-8-17)21-15-4-2-3-12-13(15)5-6-14(12)18/h2-4,11,14,18H,5-10H2,1H3. The average molecular weight is 291 g/mol. The second-order valence-electron chi connectivity index (χ2n) is 5.58. The van der Waals surface area contributed by atoms with Gasteiger partial charge < -0.3 is 19.5 Å². The normalized spacial score (nSPS) is 22.8.